The van der Waals surface area contributed by atoms with Crippen LogP contribution in [-0.2, 0) is 24.2 Å². The van der Waals surface area contributed by atoms with Crippen LogP contribution in [-0.4, -0.2) is 68.4 Å². The smallest absolute Gasteiger partial charge is 0.475 e. The van der Waals surface area contributed by atoms with Crippen molar-refractivity contribution in [2.24, 2.45) is 0 Å². The number of carboxylic acids is 1. The molecule has 2 aromatic heterocycles. The maximum Gasteiger partial charge on any atom is 0.490 e. The Kier molecular flexibility index (Phi) is 7.42. The number of halogens is 3. The summed E-state index contributed by atoms with van der Waals surface area (Å²) >= 11 is 0. The van der Waals surface area contributed by atoms with Crippen LogP contribution >= 0.6 is 0 Å². The quantitative estimate of drug-likeness (QED) is 0.509. The molecule has 12 heteroatoms. The number of alkyl halides is 3. The van der Waals surface area contributed by atoms with Gasteiger partial charge in [0.1, 0.15) is 5.69 Å². The van der Waals surface area contributed by atoms with Gasteiger partial charge in [-0.3, -0.25) is 19.3 Å². The average Bonchev–Trinajstić information content (AvgIpc) is 3.61. The molecule has 4 heterocycles. The van der Waals surface area contributed by atoms with Gasteiger partial charge >= 0.3 is 12.1 Å². The number of carboxylic acid groups (broad SMARTS) is 1. The Morgan fingerprint density at radius 2 is 1.73 bits per heavy atom. The van der Waals surface area contributed by atoms with Gasteiger partial charge in [0.25, 0.3) is 11.8 Å². The van der Waals surface area contributed by atoms with Crippen molar-refractivity contribution in [3.05, 3.63) is 70.2 Å². The Balaban J connectivity index is 0.000000411. The van der Waals surface area contributed by atoms with Gasteiger partial charge in [-0.15, -0.1) is 0 Å². The zero-order valence-electron chi connectivity index (χ0n) is 21.4. The number of hydrogen-bond acceptors (Lipinski definition) is 5. The number of likely N-dealkylation sites (tertiary alicyclic amines) is 1. The van der Waals surface area contributed by atoms with Gasteiger partial charge in [0, 0.05) is 42.5 Å². The molecule has 0 spiro atoms. The van der Waals surface area contributed by atoms with Crippen LogP contribution in [0.15, 0.2) is 36.5 Å². The lowest BCUT2D eigenvalue weighted by molar-refractivity contribution is -0.192. The lowest BCUT2D eigenvalue weighted by atomic mass is 9.89. The summed E-state index contributed by atoms with van der Waals surface area (Å²) in [5, 5.41) is 14.8. The Hall–Kier alpha value is -4.48. The number of amides is 2. The van der Waals surface area contributed by atoms with Crippen LogP contribution in [0.5, 0.6) is 0 Å². The van der Waals surface area contributed by atoms with Gasteiger partial charge in [0.2, 0.25) is 0 Å². The Morgan fingerprint density at radius 1 is 1.02 bits per heavy atom. The molecule has 1 fully saturated rings. The largest absolute Gasteiger partial charge is 0.490 e. The summed E-state index contributed by atoms with van der Waals surface area (Å²) in [6.07, 6.45) is 4.69. The van der Waals surface area contributed by atoms with Crippen molar-refractivity contribution in [1.82, 2.24) is 25.0 Å². The number of carbonyl (C=O) groups is 3. The maximum absolute atomic E-state index is 12.5. The molecule has 1 saturated heterocycles. The predicted molar refractivity (Wildman–Crippen MR) is 139 cm³/mol. The third-order valence-corrected chi connectivity index (χ3v) is 7.02. The van der Waals surface area contributed by atoms with Gasteiger partial charge in [-0.05, 0) is 61.1 Å². The molecule has 0 radical (unpaired) electrons. The van der Waals surface area contributed by atoms with Crippen LogP contribution in [0, 0.1) is 0 Å². The summed E-state index contributed by atoms with van der Waals surface area (Å²) in [4.78, 5) is 40.3. The number of aromatic nitrogens is 3. The number of fused-ring (bicyclic) bond motifs is 5. The highest BCUT2D eigenvalue weighted by Gasteiger charge is 2.38. The van der Waals surface area contributed by atoms with Gasteiger partial charge in [-0.25, -0.2) is 4.79 Å². The fourth-order valence-corrected chi connectivity index (χ4v) is 5.02. The summed E-state index contributed by atoms with van der Waals surface area (Å²) in [6.45, 7) is 3.04. The molecule has 2 N–H and O–H groups in total. The minimum absolute atomic E-state index is 0.0284. The van der Waals surface area contributed by atoms with Crippen LogP contribution in [0.4, 0.5) is 13.2 Å². The summed E-state index contributed by atoms with van der Waals surface area (Å²) in [7, 11) is 0. The number of nitrogens with zero attached hydrogens (tertiary/aromatic N) is 4. The van der Waals surface area contributed by atoms with Gasteiger partial charge < -0.3 is 15.3 Å². The molecule has 1 aliphatic carbocycles. The second-order valence-electron chi connectivity index (χ2n) is 9.68. The molecule has 6 rings (SSSR count). The molecule has 9 nitrogen and oxygen atoms in total. The molecule has 1 aromatic carbocycles. The average molecular weight is 554 g/mol. The van der Waals surface area contributed by atoms with E-state index in [-0.39, 0.29) is 11.8 Å². The topological polar surface area (TPSA) is 117 Å². The van der Waals surface area contributed by atoms with Crippen molar-refractivity contribution < 1.29 is 32.7 Å². The lowest BCUT2D eigenvalue weighted by Gasteiger charge is -2.17. The van der Waals surface area contributed by atoms with E-state index in [0.29, 0.717) is 18.8 Å². The number of pyridine rings is 1. The van der Waals surface area contributed by atoms with Crippen LogP contribution < -0.4 is 5.32 Å². The summed E-state index contributed by atoms with van der Waals surface area (Å²) in [5.74, 6) is -2.67. The number of nitrogens with one attached hydrogen (secondary N) is 1. The minimum atomic E-state index is -5.08. The van der Waals surface area contributed by atoms with Gasteiger partial charge in [-0.2, -0.15) is 18.3 Å². The fourth-order valence-electron chi connectivity index (χ4n) is 5.02. The van der Waals surface area contributed by atoms with Crippen LogP contribution in [0.1, 0.15) is 56.1 Å². The van der Waals surface area contributed by atoms with Crippen LogP contribution in [0.25, 0.3) is 23.4 Å². The number of rotatable bonds is 3. The summed E-state index contributed by atoms with van der Waals surface area (Å²) < 4.78 is 33.6. The van der Waals surface area contributed by atoms with Crippen molar-refractivity contribution in [2.75, 3.05) is 19.6 Å². The molecular weight excluding hydrogens is 527 g/mol. The molecule has 0 saturated carbocycles. The maximum atomic E-state index is 12.5. The van der Waals surface area contributed by atoms with Gasteiger partial charge in [0.05, 0.1) is 17.9 Å². The van der Waals surface area contributed by atoms with Crippen molar-refractivity contribution in [2.45, 2.75) is 38.4 Å². The van der Waals surface area contributed by atoms with Crippen LogP contribution in [0.2, 0.25) is 0 Å². The van der Waals surface area contributed by atoms with Crippen LogP contribution in [0.3, 0.4) is 0 Å². The summed E-state index contributed by atoms with van der Waals surface area (Å²) in [5.41, 5.74) is 7.48. The van der Waals surface area contributed by atoms with E-state index >= 15 is 0 Å². The standard InChI is InChI=1S/C26H25N5O2.C2HF3O2/c32-25-24-21-10-8-19-16-28-20(15-22(19)23(21)29-31(24)14-11-27-25)9-5-17-3-6-18(7-4-17)26(33)30-12-1-2-13-30;3-2(4,5)1(6)7/h3-7,9,15-16H,1-2,8,10-14H2,(H,27,32);(H,6,7)/b9-5+;. The number of aryl methyl sites for hydroxylation is 1. The van der Waals surface area contributed by atoms with Crippen molar-refractivity contribution in [1.29, 1.82) is 0 Å². The van der Waals surface area contributed by atoms with Gasteiger partial charge in [-0.1, -0.05) is 18.2 Å². The molecule has 0 atom stereocenters. The zero-order valence-corrected chi connectivity index (χ0v) is 21.4. The van der Waals surface area contributed by atoms with E-state index < -0.39 is 12.1 Å². The van der Waals surface area contributed by atoms with Gasteiger partial charge in [0.15, 0.2) is 0 Å². The first-order valence-corrected chi connectivity index (χ1v) is 12.9. The SMILES string of the molecule is O=C(O)C(F)(F)F.O=C1NCCn2nc3c(c21)CCc1cnc(/C=C/c2ccc(C(=O)N4CCCC4)cc2)cc1-3. The first-order valence-electron chi connectivity index (χ1n) is 12.9. The molecule has 0 bridgehead atoms. The van der Waals surface area contributed by atoms with E-state index in [0.717, 1.165) is 72.4 Å². The number of benzene rings is 1. The normalized spacial score (nSPS) is 16.0. The second-order valence-corrected chi connectivity index (χ2v) is 9.68. The molecule has 3 aromatic rings. The molecule has 3 aliphatic rings. The van der Waals surface area contributed by atoms with Crippen molar-refractivity contribution in [3.8, 4) is 11.3 Å². The first kappa shape index (κ1) is 27.1. The fraction of sp³-hybridized carbons (Fsp3) is 0.321. The monoisotopic (exact) mass is 553 g/mol. The van der Waals surface area contributed by atoms with E-state index in [1.807, 2.05) is 52.2 Å². The first-order chi connectivity index (χ1) is 19.1. The van der Waals surface area contributed by atoms with Crippen molar-refractivity contribution >= 4 is 29.9 Å². The Bertz CT molecular complexity index is 1490. The highest BCUT2D eigenvalue weighted by molar-refractivity contribution is 5.97. The van der Waals surface area contributed by atoms with E-state index in [2.05, 4.69) is 16.4 Å². The highest BCUT2D eigenvalue weighted by atomic mass is 19.4. The minimum Gasteiger partial charge on any atom is -0.475 e. The van der Waals surface area contributed by atoms with E-state index in [1.165, 1.54) is 5.56 Å². The number of aliphatic carboxylic acids is 1. The molecule has 40 heavy (non-hydrogen) atoms. The molecule has 2 amide bonds. The molecule has 2 aliphatic heterocycles. The molecular formula is C28H26F3N5O4. The highest BCUT2D eigenvalue weighted by Crippen LogP contribution is 2.35. The predicted octanol–water partition coefficient (Wildman–Crippen LogP) is 3.83. The summed E-state index contributed by atoms with van der Waals surface area (Å²) in [6, 6.07) is 9.80. The van der Waals surface area contributed by atoms with Crippen molar-refractivity contribution in [3.63, 3.8) is 0 Å². The Labute approximate surface area is 227 Å². The van der Waals surface area contributed by atoms with E-state index in [4.69, 9.17) is 15.0 Å². The zero-order chi connectivity index (χ0) is 28.4. The second kappa shape index (κ2) is 10.9. The molecule has 208 valence electrons. The third-order valence-electron chi connectivity index (χ3n) is 7.02. The van der Waals surface area contributed by atoms with E-state index in [1.54, 1.807) is 0 Å². The lowest BCUT2D eigenvalue weighted by Crippen LogP contribution is -2.36. The van der Waals surface area contributed by atoms with E-state index in [9.17, 15) is 22.8 Å². The molecule has 0 unspecified atom stereocenters. The Morgan fingerprint density at radius 3 is 2.40 bits per heavy atom. The third kappa shape index (κ3) is 5.61. The number of carbonyl (C=O) groups excluding carboxylic acids is 2. The number of hydrogen-bond donors (Lipinski definition) is 2.